The van der Waals surface area contributed by atoms with Crippen molar-refractivity contribution in [1.29, 1.82) is 0 Å². The number of hydrogen-bond donors (Lipinski definition) is 3. The van der Waals surface area contributed by atoms with Gasteiger partial charge in [-0.1, -0.05) is 12.1 Å². The summed E-state index contributed by atoms with van der Waals surface area (Å²) < 4.78 is 53.2. The molecular formula is C21H29F4N5O. The van der Waals surface area contributed by atoms with Gasteiger partial charge in [0, 0.05) is 25.6 Å². The molecule has 1 heterocycles. The smallest absolute Gasteiger partial charge is 0.242 e. The van der Waals surface area contributed by atoms with Crippen LogP contribution in [0.1, 0.15) is 24.0 Å². The van der Waals surface area contributed by atoms with E-state index in [2.05, 4.69) is 15.6 Å². The molecule has 31 heavy (non-hydrogen) atoms. The lowest BCUT2D eigenvalue weighted by Gasteiger charge is -2.31. The van der Waals surface area contributed by atoms with E-state index in [9.17, 15) is 22.4 Å². The first-order valence-corrected chi connectivity index (χ1v) is 10.2. The molecular weight excluding hydrogens is 414 g/mol. The second-order valence-corrected chi connectivity index (χ2v) is 7.53. The zero-order valence-electron chi connectivity index (χ0n) is 17.5. The van der Waals surface area contributed by atoms with Gasteiger partial charge in [0.1, 0.15) is 11.6 Å². The Balaban J connectivity index is 1.85. The molecule has 0 aromatic heterocycles. The summed E-state index contributed by atoms with van der Waals surface area (Å²) >= 11 is 0. The standard InChI is InChI=1S/C21H29F4N5O/c1-27-21(29-10-14-4-6-30(7-5-14)13-20(26)31)18(23)12-28-11-16-3-2-15(8-17(16)22)9-19(24)25/h2-3,8,12,14,19,27,29H,4-7,9-11,13H2,1H3,(H2,26,31)/b21-18-,28-12?. The first-order chi connectivity index (χ1) is 14.8. The fourth-order valence-corrected chi connectivity index (χ4v) is 3.42. The number of allylic oxidation sites excluding steroid dienone is 1. The number of hydrogen-bond acceptors (Lipinski definition) is 5. The van der Waals surface area contributed by atoms with Crippen molar-refractivity contribution < 1.29 is 22.4 Å². The van der Waals surface area contributed by atoms with Gasteiger partial charge < -0.3 is 16.4 Å². The maximum atomic E-state index is 14.4. The predicted octanol–water partition coefficient (Wildman–Crippen LogP) is 2.35. The SMILES string of the molecule is CN/C(NCC1CCN(CC(N)=O)CC1)=C(/F)C=NCc1ccc(CC(F)F)cc1F. The van der Waals surface area contributed by atoms with Gasteiger partial charge in [-0.2, -0.15) is 0 Å². The highest BCUT2D eigenvalue weighted by atomic mass is 19.3. The van der Waals surface area contributed by atoms with Crippen molar-refractivity contribution in [2.45, 2.75) is 32.2 Å². The third-order valence-corrected chi connectivity index (χ3v) is 5.12. The van der Waals surface area contributed by atoms with E-state index in [0.717, 1.165) is 38.2 Å². The number of alkyl halides is 2. The van der Waals surface area contributed by atoms with Gasteiger partial charge in [0.05, 0.1) is 19.3 Å². The summed E-state index contributed by atoms with van der Waals surface area (Å²) in [4.78, 5) is 16.9. The van der Waals surface area contributed by atoms with Gasteiger partial charge >= 0.3 is 0 Å². The molecule has 1 amide bonds. The number of rotatable bonds is 11. The van der Waals surface area contributed by atoms with Crippen LogP contribution in [0.25, 0.3) is 0 Å². The number of carbonyl (C=O) groups is 1. The normalized spacial score (nSPS) is 16.6. The molecule has 10 heteroatoms. The van der Waals surface area contributed by atoms with Gasteiger partial charge in [-0.15, -0.1) is 0 Å². The van der Waals surface area contributed by atoms with Crippen LogP contribution in [-0.2, 0) is 17.8 Å². The third-order valence-electron chi connectivity index (χ3n) is 5.12. The number of benzene rings is 1. The van der Waals surface area contributed by atoms with Crippen LogP contribution in [0, 0.1) is 11.7 Å². The minimum atomic E-state index is -2.54. The summed E-state index contributed by atoms with van der Waals surface area (Å²) in [5.41, 5.74) is 5.61. The predicted molar refractivity (Wildman–Crippen MR) is 112 cm³/mol. The molecule has 0 bridgehead atoms. The molecule has 0 atom stereocenters. The second kappa shape index (κ2) is 12.3. The van der Waals surface area contributed by atoms with Crippen molar-refractivity contribution in [2.24, 2.45) is 16.6 Å². The van der Waals surface area contributed by atoms with Crippen LogP contribution < -0.4 is 16.4 Å². The Kier molecular flexibility index (Phi) is 9.77. The maximum Gasteiger partial charge on any atom is 0.242 e. The summed E-state index contributed by atoms with van der Waals surface area (Å²) in [6.45, 7) is 2.23. The first-order valence-electron chi connectivity index (χ1n) is 10.2. The Bertz CT molecular complexity index is 792. The number of likely N-dealkylation sites (tertiary alicyclic amines) is 1. The zero-order valence-corrected chi connectivity index (χ0v) is 17.5. The molecule has 1 saturated heterocycles. The Hall–Kier alpha value is -2.62. The van der Waals surface area contributed by atoms with Gasteiger partial charge in [-0.25, -0.2) is 17.6 Å². The Morgan fingerprint density at radius 2 is 2.06 bits per heavy atom. The monoisotopic (exact) mass is 443 g/mol. The molecule has 4 N–H and O–H groups in total. The zero-order chi connectivity index (χ0) is 22.8. The highest BCUT2D eigenvalue weighted by Crippen LogP contribution is 2.17. The largest absolute Gasteiger partial charge is 0.373 e. The summed E-state index contributed by atoms with van der Waals surface area (Å²) in [6.07, 6.45) is -0.320. The van der Waals surface area contributed by atoms with E-state index in [1.54, 1.807) is 7.05 Å². The number of halogens is 4. The molecule has 0 radical (unpaired) electrons. The summed E-state index contributed by atoms with van der Waals surface area (Å²) in [5, 5.41) is 5.77. The number of piperidine rings is 1. The van der Waals surface area contributed by atoms with E-state index in [1.807, 2.05) is 4.90 Å². The minimum Gasteiger partial charge on any atom is -0.373 e. The van der Waals surface area contributed by atoms with Crippen LogP contribution >= 0.6 is 0 Å². The number of primary amides is 1. The highest BCUT2D eigenvalue weighted by molar-refractivity contribution is 5.76. The van der Waals surface area contributed by atoms with Crippen LogP contribution in [0.4, 0.5) is 17.6 Å². The van der Waals surface area contributed by atoms with Crippen LogP contribution in [0.3, 0.4) is 0 Å². The second-order valence-electron chi connectivity index (χ2n) is 7.53. The molecule has 1 aromatic carbocycles. The van der Waals surface area contributed by atoms with Crippen molar-refractivity contribution in [3.05, 3.63) is 46.8 Å². The van der Waals surface area contributed by atoms with Crippen LogP contribution in [-0.4, -0.2) is 56.7 Å². The summed E-state index contributed by atoms with van der Waals surface area (Å²) in [7, 11) is 1.58. The topological polar surface area (TPSA) is 82.7 Å². The van der Waals surface area contributed by atoms with Crippen molar-refractivity contribution in [3.8, 4) is 0 Å². The van der Waals surface area contributed by atoms with E-state index in [1.165, 1.54) is 12.1 Å². The number of nitrogens with zero attached hydrogens (tertiary/aromatic N) is 2. The lowest BCUT2D eigenvalue weighted by atomic mass is 9.97. The van der Waals surface area contributed by atoms with Crippen molar-refractivity contribution >= 4 is 12.1 Å². The first kappa shape index (κ1) is 24.6. The van der Waals surface area contributed by atoms with E-state index < -0.39 is 24.5 Å². The molecule has 0 spiro atoms. The van der Waals surface area contributed by atoms with Crippen molar-refractivity contribution in [3.63, 3.8) is 0 Å². The molecule has 0 unspecified atom stereocenters. The lowest BCUT2D eigenvalue weighted by molar-refractivity contribution is -0.119. The van der Waals surface area contributed by atoms with Crippen LogP contribution in [0.2, 0.25) is 0 Å². The summed E-state index contributed by atoms with van der Waals surface area (Å²) in [6, 6.07) is 3.86. The number of nitrogens with two attached hydrogens (primary N) is 1. The van der Waals surface area contributed by atoms with E-state index in [0.29, 0.717) is 12.5 Å². The molecule has 0 aliphatic carbocycles. The quantitative estimate of drug-likeness (QED) is 0.362. The summed E-state index contributed by atoms with van der Waals surface area (Å²) in [5.74, 6) is -1.10. The van der Waals surface area contributed by atoms with Crippen molar-refractivity contribution in [2.75, 3.05) is 33.2 Å². The molecule has 1 aromatic rings. The fraction of sp³-hybridized carbons (Fsp3) is 0.524. The Labute approximate surface area is 179 Å². The number of carbonyl (C=O) groups excluding carboxylic acids is 1. The molecule has 6 nitrogen and oxygen atoms in total. The average Bonchev–Trinajstić information content (AvgIpc) is 2.70. The molecule has 1 aliphatic rings. The molecule has 1 aliphatic heterocycles. The van der Waals surface area contributed by atoms with Crippen molar-refractivity contribution in [1.82, 2.24) is 15.5 Å². The van der Waals surface area contributed by atoms with E-state index in [-0.39, 0.29) is 35.9 Å². The molecule has 0 saturated carbocycles. The number of aliphatic imine (C=N–C) groups is 1. The number of amides is 1. The maximum absolute atomic E-state index is 14.4. The fourth-order valence-electron chi connectivity index (χ4n) is 3.42. The molecule has 172 valence electrons. The Morgan fingerprint density at radius 1 is 1.35 bits per heavy atom. The molecule has 2 rings (SSSR count). The number of nitrogens with one attached hydrogen (secondary N) is 2. The minimum absolute atomic E-state index is 0.108. The average molecular weight is 443 g/mol. The van der Waals surface area contributed by atoms with E-state index >= 15 is 0 Å². The van der Waals surface area contributed by atoms with E-state index in [4.69, 9.17) is 5.73 Å². The van der Waals surface area contributed by atoms with Gasteiger partial charge in [-0.05, 0) is 43.5 Å². The lowest BCUT2D eigenvalue weighted by Crippen LogP contribution is -2.42. The third kappa shape index (κ3) is 8.56. The molecule has 1 fully saturated rings. The van der Waals surface area contributed by atoms with Crippen LogP contribution in [0.5, 0.6) is 0 Å². The van der Waals surface area contributed by atoms with Gasteiger partial charge in [0.25, 0.3) is 0 Å². The Morgan fingerprint density at radius 3 is 2.65 bits per heavy atom. The van der Waals surface area contributed by atoms with Gasteiger partial charge in [0.15, 0.2) is 5.83 Å². The van der Waals surface area contributed by atoms with Gasteiger partial charge in [0.2, 0.25) is 12.3 Å². The highest BCUT2D eigenvalue weighted by Gasteiger charge is 2.20. The van der Waals surface area contributed by atoms with Gasteiger partial charge in [-0.3, -0.25) is 14.7 Å². The van der Waals surface area contributed by atoms with Crippen LogP contribution in [0.15, 0.2) is 34.8 Å².